The van der Waals surface area contributed by atoms with E-state index in [0.29, 0.717) is 11.8 Å². The Morgan fingerprint density at radius 2 is 2.13 bits per heavy atom. The van der Waals surface area contributed by atoms with E-state index in [0.717, 1.165) is 51.2 Å². The van der Waals surface area contributed by atoms with E-state index in [1.807, 2.05) is 6.92 Å². The van der Waals surface area contributed by atoms with Gasteiger partial charge in [0.15, 0.2) is 0 Å². The first-order valence-corrected chi connectivity index (χ1v) is 9.01. The van der Waals surface area contributed by atoms with Gasteiger partial charge in [-0.25, -0.2) is 0 Å². The number of esters is 1. The van der Waals surface area contributed by atoms with Gasteiger partial charge in [0.1, 0.15) is 6.29 Å². The fourth-order valence-corrected chi connectivity index (χ4v) is 5.46. The van der Waals surface area contributed by atoms with Gasteiger partial charge in [-0.1, -0.05) is 32.4 Å². The summed E-state index contributed by atoms with van der Waals surface area (Å²) in [6, 6.07) is 0. The van der Waals surface area contributed by atoms with Gasteiger partial charge >= 0.3 is 5.97 Å². The van der Waals surface area contributed by atoms with E-state index in [-0.39, 0.29) is 22.7 Å². The molecule has 2 fully saturated rings. The average molecular weight is 320 g/mol. The SMILES string of the molecule is C=C1CC[C@@H]2[C@](C)(CCC[C@]2(C)C(=O)OC)[C@H]1CC[C@H](C)C=O. The molecule has 0 amide bonds. The van der Waals surface area contributed by atoms with Gasteiger partial charge < -0.3 is 9.53 Å². The molecule has 5 atom stereocenters. The second kappa shape index (κ2) is 6.78. The first-order chi connectivity index (χ1) is 10.8. The van der Waals surface area contributed by atoms with Crippen LogP contribution in [0.1, 0.15) is 65.7 Å². The van der Waals surface area contributed by atoms with Gasteiger partial charge in [0.2, 0.25) is 0 Å². The van der Waals surface area contributed by atoms with Gasteiger partial charge in [0.05, 0.1) is 12.5 Å². The van der Waals surface area contributed by atoms with Crippen LogP contribution < -0.4 is 0 Å². The molecule has 0 aromatic rings. The van der Waals surface area contributed by atoms with E-state index in [9.17, 15) is 9.59 Å². The zero-order valence-corrected chi connectivity index (χ0v) is 15.2. The zero-order valence-electron chi connectivity index (χ0n) is 15.2. The third-order valence-electron chi connectivity index (χ3n) is 6.81. The van der Waals surface area contributed by atoms with E-state index >= 15 is 0 Å². The van der Waals surface area contributed by atoms with Crippen molar-refractivity contribution >= 4 is 12.3 Å². The third-order valence-corrected chi connectivity index (χ3v) is 6.81. The molecule has 2 saturated carbocycles. The number of ether oxygens (including phenoxy) is 1. The summed E-state index contributed by atoms with van der Waals surface area (Å²) in [6.45, 7) is 10.8. The number of carbonyl (C=O) groups excluding carboxylic acids is 2. The summed E-state index contributed by atoms with van der Waals surface area (Å²) in [6.07, 6.45) is 8.10. The molecule has 2 rings (SSSR count). The molecule has 0 aromatic carbocycles. The molecule has 23 heavy (non-hydrogen) atoms. The molecule has 0 bridgehead atoms. The summed E-state index contributed by atoms with van der Waals surface area (Å²) in [4.78, 5) is 23.5. The van der Waals surface area contributed by atoms with E-state index in [1.54, 1.807) is 0 Å². The van der Waals surface area contributed by atoms with Gasteiger partial charge in [-0.2, -0.15) is 0 Å². The van der Waals surface area contributed by atoms with E-state index < -0.39 is 0 Å². The number of hydrogen-bond donors (Lipinski definition) is 0. The van der Waals surface area contributed by atoms with Crippen LogP contribution >= 0.6 is 0 Å². The minimum atomic E-state index is -0.378. The predicted molar refractivity (Wildman–Crippen MR) is 91.9 cm³/mol. The highest BCUT2D eigenvalue weighted by Crippen LogP contribution is 2.62. The predicted octanol–water partition coefficient (Wildman–Crippen LogP) is 4.55. The van der Waals surface area contributed by atoms with Crippen molar-refractivity contribution in [3.05, 3.63) is 12.2 Å². The quantitative estimate of drug-likeness (QED) is 0.424. The Morgan fingerprint density at radius 3 is 2.74 bits per heavy atom. The molecule has 2 aliphatic rings. The molecule has 2 aliphatic carbocycles. The van der Waals surface area contributed by atoms with Crippen LogP contribution in [0.4, 0.5) is 0 Å². The second-order valence-electron chi connectivity index (χ2n) is 8.26. The molecule has 3 nitrogen and oxygen atoms in total. The summed E-state index contributed by atoms with van der Waals surface area (Å²) >= 11 is 0. The lowest BCUT2D eigenvalue weighted by atomic mass is 9.46. The van der Waals surface area contributed by atoms with E-state index in [4.69, 9.17) is 4.74 Å². The molecule has 3 heteroatoms. The monoisotopic (exact) mass is 320 g/mol. The second-order valence-corrected chi connectivity index (χ2v) is 8.26. The van der Waals surface area contributed by atoms with Crippen molar-refractivity contribution in [2.24, 2.45) is 28.6 Å². The Morgan fingerprint density at radius 1 is 1.43 bits per heavy atom. The maximum atomic E-state index is 12.5. The number of aldehydes is 1. The van der Waals surface area contributed by atoms with Crippen LogP contribution in [0, 0.1) is 28.6 Å². The summed E-state index contributed by atoms with van der Waals surface area (Å²) < 4.78 is 5.16. The van der Waals surface area contributed by atoms with Crippen molar-refractivity contribution in [2.45, 2.75) is 65.7 Å². The number of fused-ring (bicyclic) bond motifs is 1. The first-order valence-electron chi connectivity index (χ1n) is 9.01. The molecular weight excluding hydrogens is 288 g/mol. The molecule has 0 aliphatic heterocycles. The molecule has 130 valence electrons. The summed E-state index contributed by atoms with van der Waals surface area (Å²) in [5, 5.41) is 0. The third kappa shape index (κ3) is 3.12. The Kier molecular flexibility index (Phi) is 5.37. The lowest BCUT2D eigenvalue weighted by molar-refractivity contribution is -0.168. The molecule has 0 N–H and O–H groups in total. The molecule has 0 radical (unpaired) electrons. The summed E-state index contributed by atoms with van der Waals surface area (Å²) in [5.74, 6) is 0.800. The molecule has 0 heterocycles. The van der Waals surface area contributed by atoms with Crippen molar-refractivity contribution in [3.8, 4) is 0 Å². The number of allylic oxidation sites excluding steroid dienone is 1. The van der Waals surface area contributed by atoms with Gasteiger partial charge in [-0.15, -0.1) is 0 Å². The normalized spacial score (nSPS) is 38.5. The lowest BCUT2D eigenvalue weighted by Crippen LogP contribution is -2.53. The van der Waals surface area contributed by atoms with Crippen LogP contribution in [0.25, 0.3) is 0 Å². The summed E-state index contributed by atoms with van der Waals surface area (Å²) in [5.41, 5.74) is 1.03. The van der Waals surface area contributed by atoms with Crippen molar-refractivity contribution in [1.29, 1.82) is 0 Å². The average Bonchev–Trinajstić information content (AvgIpc) is 2.52. The lowest BCUT2D eigenvalue weighted by Gasteiger charge is -2.57. The highest BCUT2D eigenvalue weighted by atomic mass is 16.5. The standard InChI is InChI=1S/C20H32O3/c1-14(13-21)7-9-16-15(2)8-10-17-19(16,3)11-6-12-20(17,4)18(22)23-5/h13-14,16-17H,2,6-12H2,1,3-5H3/t14-,16-,17+,19+,20-/m0/s1. The minimum absolute atomic E-state index is 0.0547. The van der Waals surface area contributed by atoms with Crippen molar-refractivity contribution in [2.75, 3.05) is 7.11 Å². The van der Waals surface area contributed by atoms with Gasteiger partial charge in [0, 0.05) is 5.92 Å². The maximum Gasteiger partial charge on any atom is 0.311 e. The van der Waals surface area contributed by atoms with E-state index in [2.05, 4.69) is 20.4 Å². The van der Waals surface area contributed by atoms with Crippen LogP contribution in [-0.2, 0) is 14.3 Å². The first kappa shape index (κ1) is 18.2. The topological polar surface area (TPSA) is 43.4 Å². The number of methoxy groups -OCH3 is 1. The smallest absolute Gasteiger partial charge is 0.311 e. The molecule has 0 saturated heterocycles. The van der Waals surface area contributed by atoms with Gasteiger partial charge in [0.25, 0.3) is 0 Å². The molecular formula is C20H32O3. The Hall–Kier alpha value is -1.12. The summed E-state index contributed by atoms with van der Waals surface area (Å²) in [7, 11) is 1.50. The Labute approximate surface area is 140 Å². The highest BCUT2D eigenvalue weighted by Gasteiger charge is 2.57. The van der Waals surface area contributed by atoms with Gasteiger partial charge in [-0.05, 0) is 62.7 Å². The zero-order chi connectivity index (χ0) is 17.3. The molecule has 0 spiro atoms. The fourth-order valence-electron chi connectivity index (χ4n) is 5.46. The number of carbonyl (C=O) groups is 2. The van der Waals surface area contributed by atoms with Gasteiger partial charge in [-0.3, -0.25) is 4.79 Å². The fraction of sp³-hybridized carbons (Fsp3) is 0.800. The van der Waals surface area contributed by atoms with Crippen molar-refractivity contribution < 1.29 is 14.3 Å². The van der Waals surface area contributed by atoms with E-state index in [1.165, 1.54) is 12.7 Å². The van der Waals surface area contributed by atoms with Crippen LogP contribution in [0.3, 0.4) is 0 Å². The number of rotatable bonds is 5. The largest absolute Gasteiger partial charge is 0.469 e. The number of hydrogen-bond acceptors (Lipinski definition) is 3. The molecule has 0 unspecified atom stereocenters. The van der Waals surface area contributed by atoms with Crippen LogP contribution in [-0.4, -0.2) is 19.4 Å². The molecule has 0 aromatic heterocycles. The van der Waals surface area contributed by atoms with Crippen LogP contribution in [0.5, 0.6) is 0 Å². The van der Waals surface area contributed by atoms with Crippen molar-refractivity contribution in [3.63, 3.8) is 0 Å². The van der Waals surface area contributed by atoms with Crippen LogP contribution in [0.15, 0.2) is 12.2 Å². The Bertz CT molecular complexity index is 483. The Balaban J connectivity index is 2.29. The minimum Gasteiger partial charge on any atom is -0.469 e. The van der Waals surface area contributed by atoms with Crippen molar-refractivity contribution in [1.82, 2.24) is 0 Å². The van der Waals surface area contributed by atoms with Crippen LogP contribution in [0.2, 0.25) is 0 Å². The maximum absolute atomic E-state index is 12.5. The highest BCUT2D eigenvalue weighted by molar-refractivity contribution is 5.77.